The lowest BCUT2D eigenvalue weighted by atomic mass is 9.95. The van der Waals surface area contributed by atoms with E-state index in [1.54, 1.807) is 6.20 Å². The lowest BCUT2D eigenvalue weighted by molar-refractivity contribution is 0.258. The normalized spacial score (nSPS) is 17.7. The molecule has 2 N–H and O–H groups in total. The zero-order valence-corrected chi connectivity index (χ0v) is 11.1. The van der Waals surface area contributed by atoms with E-state index in [2.05, 4.69) is 11.1 Å². The van der Waals surface area contributed by atoms with Gasteiger partial charge in [0, 0.05) is 17.1 Å². The van der Waals surface area contributed by atoms with E-state index in [1.807, 2.05) is 24.3 Å². The van der Waals surface area contributed by atoms with E-state index < -0.39 is 0 Å². The second-order valence-electron chi connectivity index (χ2n) is 5.53. The maximum Gasteiger partial charge on any atom is 0.120 e. The molecule has 0 spiro atoms. The Morgan fingerprint density at radius 1 is 1.21 bits per heavy atom. The molecule has 0 bridgehead atoms. The second-order valence-corrected chi connectivity index (χ2v) is 5.53. The van der Waals surface area contributed by atoms with E-state index in [0.29, 0.717) is 6.61 Å². The van der Waals surface area contributed by atoms with Crippen molar-refractivity contribution in [1.29, 1.82) is 0 Å². The minimum atomic E-state index is 0.0123. The molecule has 0 atom stereocenters. The number of ether oxygens (including phenoxy) is 1. The molecule has 0 amide bonds. The fraction of sp³-hybridized carbons (Fsp3) is 0.438. The summed E-state index contributed by atoms with van der Waals surface area (Å²) in [7, 11) is 0. The van der Waals surface area contributed by atoms with Gasteiger partial charge in [0.15, 0.2) is 0 Å². The Morgan fingerprint density at radius 3 is 2.89 bits per heavy atom. The molecule has 0 saturated heterocycles. The zero-order valence-electron chi connectivity index (χ0n) is 11.1. The number of rotatable bonds is 4. The minimum Gasteiger partial charge on any atom is -0.494 e. The Morgan fingerprint density at radius 2 is 2.05 bits per heavy atom. The molecule has 1 aliphatic carbocycles. The van der Waals surface area contributed by atoms with Crippen molar-refractivity contribution < 1.29 is 4.74 Å². The van der Waals surface area contributed by atoms with Crippen LogP contribution >= 0.6 is 0 Å². The van der Waals surface area contributed by atoms with Crippen molar-refractivity contribution >= 4 is 10.9 Å². The summed E-state index contributed by atoms with van der Waals surface area (Å²) >= 11 is 0. The number of hydrogen-bond acceptors (Lipinski definition) is 3. The van der Waals surface area contributed by atoms with Crippen LogP contribution in [0.25, 0.3) is 10.9 Å². The topological polar surface area (TPSA) is 48.1 Å². The maximum absolute atomic E-state index is 6.32. The van der Waals surface area contributed by atoms with E-state index in [0.717, 1.165) is 35.9 Å². The average molecular weight is 256 g/mol. The van der Waals surface area contributed by atoms with E-state index >= 15 is 0 Å². The SMILES string of the molecule is NC1(CCOc2ccc3ncccc3c2)CCCC1. The van der Waals surface area contributed by atoms with Gasteiger partial charge in [0.25, 0.3) is 0 Å². The number of fused-ring (bicyclic) bond motifs is 1. The molecule has 1 saturated carbocycles. The summed E-state index contributed by atoms with van der Waals surface area (Å²) in [4.78, 5) is 4.30. The number of hydrogen-bond donors (Lipinski definition) is 1. The van der Waals surface area contributed by atoms with Crippen LogP contribution in [0.5, 0.6) is 5.75 Å². The largest absolute Gasteiger partial charge is 0.494 e. The summed E-state index contributed by atoms with van der Waals surface area (Å²) in [5.41, 5.74) is 7.34. The Bertz CT molecular complexity index is 561. The third-order valence-electron chi connectivity index (χ3n) is 4.04. The first-order valence-electron chi connectivity index (χ1n) is 7.02. The quantitative estimate of drug-likeness (QED) is 0.913. The average Bonchev–Trinajstić information content (AvgIpc) is 2.86. The molecule has 0 unspecified atom stereocenters. The first-order valence-corrected chi connectivity index (χ1v) is 7.02. The standard InChI is InChI=1S/C16H20N2O/c17-16(7-1-2-8-16)9-11-19-14-5-6-15-13(12-14)4-3-10-18-15/h3-6,10,12H,1-2,7-9,11,17H2. The highest BCUT2D eigenvalue weighted by atomic mass is 16.5. The highest BCUT2D eigenvalue weighted by Gasteiger charge is 2.28. The van der Waals surface area contributed by atoms with Gasteiger partial charge in [-0.1, -0.05) is 18.9 Å². The van der Waals surface area contributed by atoms with Crippen molar-refractivity contribution in [2.75, 3.05) is 6.61 Å². The summed E-state index contributed by atoms with van der Waals surface area (Å²) in [6, 6.07) is 10.0. The van der Waals surface area contributed by atoms with E-state index in [1.165, 1.54) is 12.8 Å². The van der Waals surface area contributed by atoms with Crippen LogP contribution in [0.4, 0.5) is 0 Å². The number of nitrogens with zero attached hydrogens (tertiary/aromatic N) is 1. The fourth-order valence-electron chi connectivity index (χ4n) is 2.84. The van der Waals surface area contributed by atoms with Crippen molar-refractivity contribution in [2.24, 2.45) is 5.73 Å². The first kappa shape index (κ1) is 12.4. The molecule has 1 fully saturated rings. The number of pyridine rings is 1. The van der Waals surface area contributed by atoms with Crippen LogP contribution in [0.2, 0.25) is 0 Å². The van der Waals surface area contributed by atoms with Crippen molar-refractivity contribution in [3.63, 3.8) is 0 Å². The summed E-state index contributed by atoms with van der Waals surface area (Å²) in [5, 5.41) is 1.11. The van der Waals surface area contributed by atoms with Crippen molar-refractivity contribution in [1.82, 2.24) is 4.98 Å². The second kappa shape index (κ2) is 5.17. The number of aromatic nitrogens is 1. The van der Waals surface area contributed by atoms with Crippen molar-refractivity contribution in [3.05, 3.63) is 36.5 Å². The molecular formula is C16H20N2O. The van der Waals surface area contributed by atoms with Gasteiger partial charge in [-0.3, -0.25) is 4.98 Å². The lowest BCUT2D eigenvalue weighted by Crippen LogP contribution is -2.37. The highest BCUT2D eigenvalue weighted by Crippen LogP contribution is 2.30. The molecule has 2 aromatic rings. The van der Waals surface area contributed by atoms with Gasteiger partial charge in [0.1, 0.15) is 5.75 Å². The van der Waals surface area contributed by atoms with Gasteiger partial charge < -0.3 is 10.5 Å². The number of benzene rings is 1. The summed E-state index contributed by atoms with van der Waals surface area (Å²) in [6.07, 6.45) is 7.55. The van der Waals surface area contributed by atoms with Crippen molar-refractivity contribution in [3.8, 4) is 5.75 Å². The molecule has 1 heterocycles. The molecule has 1 aliphatic rings. The third kappa shape index (κ3) is 2.87. The van der Waals surface area contributed by atoms with Crippen LogP contribution in [-0.4, -0.2) is 17.1 Å². The smallest absolute Gasteiger partial charge is 0.120 e. The fourth-order valence-corrected chi connectivity index (χ4v) is 2.84. The van der Waals surface area contributed by atoms with Gasteiger partial charge in [-0.15, -0.1) is 0 Å². The third-order valence-corrected chi connectivity index (χ3v) is 4.04. The molecular weight excluding hydrogens is 236 g/mol. The van der Waals surface area contributed by atoms with E-state index in [-0.39, 0.29) is 5.54 Å². The van der Waals surface area contributed by atoms with Crippen LogP contribution in [0.15, 0.2) is 36.5 Å². The Labute approximate surface area is 113 Å². The Kier molecular flexibility index (Phi) is 3.38. The lowest BCUT2D eigenvalue weighted by Gasteiger charge is -2.23. The maximum atomic E-state index is 6.32. The van der Waals surface area contributed by atoms with Gasteiger partial charge in [-0.2, -0.15) is 0 Å². The Balaban J connectivity index is 1.62. The molecule has 3 heteroatoms. The molecule has 3 rings (SSSR count). The molecule has 19 heavy (non-hydrogen) atoms. The van der Waals surface area contributed by atoms with Crippen LogP contribution in [-0.2, 0) is 0 Å². The van der Waals surface area contributed by atoms with Crippen LogP contribution in [0.1, 0.15) is 32.1 Å². The van der Waals surface area contributed by atoms with Gasteiger partial charge >= 0.3 is 0 Å². The minimum absolute atomic E-state index is 0.0123. The van der Waals surface area contributed by atoms with Crippen molar-refractivity contribution in [2.45, 2.75) is 37.6 Å². The zero-order chi connectivity index (χ0) is 13.1. The molecule has 100 valence electrons. The van der Waals surface area contributed by atoms with Crippen LogP contribution in [0.3, 0.4) is 0 Å². The van der Waals surface area contributed by atoms with Gasteiger partial charge in [0.2, 0.25) is 0 Å². The van der Waals surface area contributed by atoms with E-state index in [4.69, 9.17) is 10.5 Å². The van der Waals surface area contributed by atoms with Crippen LogP contribution in [0, 0.1) is 0 Å². The molecule has 1 aromatic heterocycles. The molecule has 3 nitrogen and oxygen atoms in total. The summed E-state index contributed by atoms with van der Waals surface area (Å²) in [5.74, 6) is 0.905. The number of nitrogens with two attached hydrogens (primary N) is 1. The highest BCUT2D eigenvalue weighted by molar-refractivity contribution is 5.79. The predicted octanol–water partition coefficient (Wildman–Crippen LogP) is 3.28. The molecule has 1 aromatic carbocycles. The first-order chi connectivity index (χ1) is 9.25. The van der Waals surface area contributed by atoms with E-state index in [9.17, 15) is 0 Å². The Hall–Kier alpha value is -1.61. The monoisotopic (exact) mass is 256 g/mol. The van der Waals surface area contributed by atoms with Crippen LogP contribution < -0.4 is 10.5 Å². The van der Waals surface area contributed by atoms with Gasteiger partial charge in [-0.05, 0) is 43.5 Å². The summed E-state index contributed by atoms with van der Waals surface area (Å²) < 4.78 is 5.83. The molecule has 0 radical (unpaired) electrons. The summed E-state index contributed by atoms with van der Waals surface area (Å²) in [6.45, 7) is 0.697. The van der Waals surface area contributed by atoms with Gasteiger partial charge in [0.05, 0.1) is 12.1 Å². The predicted molar refractivity (Wildman–Crippen MR) is 77.2 cm³/mol. The molecule has 0 aliphatic heterocycles. The van der Waals surface area contributed by atoms with Gasteiger partial charge in [-0.25, -0.2) is 0 Å².